The monoisotopic (exact) mass is 660 g/mol. The molecule has 254 valence electrons. The van der Waals surface area contributed by atoms with Crippen LogP contribution in [0.15, 0.2) is 29.2 Å². The number of nitrogens with zero attached hydrogens (tertiary/aromatic N) is 1. The summed E-state index contributed by atoms with van der Waals surface area (Å²) in [6.07, 6.45) is 4.29. The number of benzene rings is 1. The number of ketones is 1. The first-order chi connectivity index (χ1) is 21.4. The number of primary amides is 1. The number of sulfonamides is 1. The molecule has 3 aliphatic rings. The highest BCUT2D eigenvalue weighted by Gasteiger charge is 2.63. The Morgan fingerprint density at radius 1 is 1.07 bits per heavy atom. The first-order valence-electron chi connectivity index (χ1n) is 16.1. The highest BCUT2D eigenvalue weighted by molar-refractivity contribution is 7.89. The minimum atomic E-state index is -4.24. The number of esters is 1. The van der Waals surface area contributed by atoms with Gasteiger partial charge in [-0.15, -0.1) is 0 Å². The van der Waals surface area contributed by atoms with Crippen molar-refractivity contribution >= 4 is 39.5 Å². The number of nitrogens with two attached hydrogens (primary N) is 1. The molecule has 1 unspecified atom stereocenters. The van der Waals surface area contributed by atoms with Gasteiger partial charge in [-0.25, -0.2) is 13.2 Å². The Bertz CT molecular complexity index is 1460. The second-order valence-corrected chi connectivity index (χ2v) is 16.3. The zero-order valence-electron chi connectivity index (χ0n) is 27.6. The van der Waals surface area contributed by atoms with Crippen molar-refractivity contribution in [2.24, 2.45) is 34.3 Å². The van der Waals surface area contributed by atoms with Gasteiger partial charge in [0, 0.05) is 6.54 Å². The van der Waals surface area contributed by atoms with Crippen LogP contribution in [0.1, 0.15) is 90.4 Å². The lowest BCUT2D eigenvalue weighted by Crippen LogP contribution is -2.59. The van der Waals surface area contributed by atoms with Crippen molar-refractivity contribution in [3.63, 3.8) is 0 Å². The van der Waals surface area contributed by atoms with Gasteiger partial charge in [-0.2, -0.15) is 4.72 Å². The van der Waals surface area contributed by atoms with Crippen molar-refractivity contribution in [3.8, 4) is 0 Å². The van der Waals surface area contributed by atoms with Gasteiger partial charge >= 0.3 is 5.97 Å². The van der Waals surface area contributed by atoms with E-state index in [0.717, 1.165) is 25.7 Å². The van der Waals surface area contributed by atoms with E-state index in [1.165, 1.54) is 29.2 Å². The molecule has 13 heteroatoms. The SMILES string of the molecule is CCOC(=O)c1ccc(S(=O)(=O)N[C@H](C(=O)N2C[C@]3(C[C@H]2C(=O)NC(CC2CCC2)C(=O)C(N)=O)C[C@H]3C(C)C)C(C)(C)C)cc1. The number of ether oxygens (including phenoxy) is 1. The molecule has 1 heterocycles. The Kier molecular flexibility index (Phi) is 10.4. The van der Waals surface area contributed by atoms with E-state index < -0.39 is 63.0 Å². The first-order valence-corrected chi connectivity index (χ1v) is 17.6. The van der Waals surface area contributed by atoms with E-state index in [0.29, 0.717) is 18.8 Å². The first kappa shape index (κ1) is 35.5. The number of Topliss-reactive ketones (excluding diaryl/α,β-unsaturated/α-hetero) is 1. The van der Waals surface area contributed by atoms with Crippen molar-refractivity contribution in [1.82, 2.24) is 14.9 Å². The van der Waals surface area contributed by atoms with Crippen LogP contribution < -0.4 is 15.8 Å². The zero-order valence-corrected chi connectivity index (χ0v) is 28.4. The lowest BCUT2D eigenvalue weighted by Gasteiger charge is -2.36. The molecule has 2 aliphatic carbocycles. The van der Waals surface area contributed by atoms with Gasteiger partial charge in [-0.3, -0.25) is 19.2 Å². The molecule has 1 aromatic rings. The van der Waals surface area contributed by atoms with Crippen LogP contribution in [0.25, 0.3) is 0 Å². The molecule has 3 amide bonds. The molecule has 1 aromatic carbocycles. The topological polar surface area (TPSA) is 182 Å². The van der Waals surface area contributed by atoms with E-state index in [2.05, 4.69) is 23.9 Å². The Hall–Kier alpha value is -3.32. The van der Waals surface area contributed by atoms with E-state index in [4.69, 9.17) is 10.5 Å². The quantitative estimate of drug-likeness (QED) is 0.213. The molecule has 1 saturated heterocycles. The van der Waals surface area contributed by atoms with Gasteiger partial charge in [0.15, 0.2) is 0 Å². The fraction of sp³-hybridized carbons (Fsp3) is 0.667. The van der Waals surface area contributed by atoms with Gasteiger partial charge in [-0.05, 0) is 79.0 Å². The van der Waals surface area contributed by atoms with Crippen LogP contribution in [0.4, 0.5) is 0 Å². The molecule has 4 rings (SSSR count). The van der Waals surface area contributed by atoms with Crippen LogP contribution in [0.2, 0.25) is 0 Å². The summed E-state index contributed by atoms with van der Waals surface area (Å²) in [4.78, 5) is 66.2. The predicted octanol–water partition coefficient (Wildman–Crippen LogP) is 2.55. The Labute approximate surface area is 271 Å². The third-order valence-electron chi connectivity index (χ3n) is 9.84. The van der Waals surface area contributed by atoms with E-state index in [1.54, 1.807) is 27.7 Å². The molecule has 46 heavy (non-hydrogen) atoms. The molecule has 4 N–H and O–H groups in total. The molecule has 3 fully saturated rings. The van der Waals surface area contributed by atoms with Gasteiger partial charge in [0.25, 0.3) is 5.91 Å². The number of likely N-dealkylation sites (tertiary alicyclic amines) is 1. The van der Waals surface area contributed by atoms with Gasteiger partial charge < -0.3 is 20.7 Å². The van der Waals surface area contributed by atoms with Crippen molar-refractivity contribution in [2.75, 3.05) is 13.2 Å². The standard InChI is InChI=1S/C33H48N4O8S/c1-7-45-31(42)21-11-13-22(14-12-21)46(43,44)36-27(32(4,5)6)30(41)37-18-33(16-23(33)19(2)3)17-25(37)29(40)35-24(26(38)28(34)39)15-20-9-8-10-20/h11-14,19-20,23-25,27,36H,7-10,15-18H2,1-6H3,(H2,34,39)(H,35,40)/t23-,24?,25-,27+,33+/m0/s1. The average Bonchev–Trinajstić information content (AvgIpc) is 3.53. The lowest BCUT2D eigenvalue weighted by molar-refractivity contribution is -0.143. The third-order valence-corrected chi connectivity index (χ3v) is 11.3. The number of nitrogens with one attached hydrogen (secondary N) is 2. The molecule has 2 saturated carbocycles. The molecule has 0 radical (unpaired) electrons. The van der Waals surface area contributed by atoms with Crippen LogP contribution in [0.3, 0.4) is 0 Å². The molecule has 0 aromatic heterocycles. The minimum absolute atomic E-state index is 0.138. The van der Waals surface area contributed by atoms with E-state index >= 15 is 0 Å². The second-order valence-electron chi connectivity index (χ2n) is 14.6. The van der Waals surface area contributed by atoms with Gasteiger partial charge in [0.1, 0.15) is 12.1 Å². The molecular weight excluding hydrogens is 612 g/mol. The normalized spacial score (nSPS) is 24.3. The smallest absolute Gasteiger partial charge is 0.338 e. The molecular formula is C33H48N4O8S. The summed E-state index contributed by atoms with van der Waals surface area (Å²) in [7, 11) is -4.24. The largest absolute Gasteiger partial charge is 0.462 e. The van der Waals surface area contributed by atoms with E-state index in [9.17, 15) is 32.4 Å². The molecule has 1 aliphatic heterocycles. The fourth-order valence-electron chi connectivity index (χ4n) is 6.92. The third kappa shape index (κ3) is 7.62. The maximum Gasteiger partial charge on any atom is 0.338 e. The van der Waals surface area contributed by atoms with Gasteiger partial charge in [0.2, 0.25) is 27.6 Å². The maximum atomic E-state index is 14.4. The van der Waals surface area contributed by atoms with Crippen LogP contribution >= 0.6 is 0 Å². The predicted molar refractivity (Wildman–Crippen MR) is 170 cm³/mol. The van der Waals surface area contributed by atoms with Crippen LogP contribution in [-0.4, -0.2) is 74.1 Å². The van der Waals surface area contributed by atoms with Crippen molar-refractivity contribution < 1.29 is 37.1 Å². The molecule has 12 nitrogen and oxygen atoms in total. The number of rotatable bonds is 13. The van der Waals surface area contributed by atoms with Crippen LogP contribution in [0.5, 0.6) is 0 Å². The Morgan fingerprint density at radius 3 is 2.17 bits per heavy atom. The Balaban J connectivity index is 1.61. The lowest BCUT2D eigenvalue weighted by atomic mass is 9.80. The highest BCUT2D eigenvalue weighted by Crippen LogP contribution is 2.63. The Morgan fingerprint density at radius 2 is 1.70 bits per heavy atom. The zero-order chi connectivity index (χ0) is 34.2. The average molecular weight is 661 g/mol. The van der Waals surface area contributed by atoms with Crippen molar-refractivity contribution in [3.05, 3.63) is 29.8 Å². The summed E-state index contributed by atoms with van der Waals surface area (Å²) in [5.74, 6) is -2.89. The fourth-order valence-corrected chi connectivity index (χ4v) is 8.31. The summed E-state index contributed by atoms with van der Waals surface area (Å²) in [5, 5.41) is 2.75. The molecule has 1 spiro atoms. The molecule has 0 bridgehead atoms. The van der Waals surface area contributed by atoms with E-state index in [-0.39, 0.29) is 40.9 Å². The summed E-state index contributed by atoms with van der Waals surface area (Å²) >= 11 is 0. The number of hydrogen-bond acceptors (Lipinski definition) is 8. The summed E-state index contributed by atoms with van der Waals surface area (Å²) in [6, 6.07) is 1.94. The number of carbonyl (C=O) groups excluding carboxylic acids is 5. The minimum Gasteiger partial charge on any atom is -0.462 e. The summed E-state index contributed by atoms with van der Waals surface area (Å²) < 4.78 is 34.7. The highest BCUT2D eigenvalue weighted by atomic mass is 32.2. The van der Waals surface area contributed by atoms with Gasteiger partial charge in [0.05, 0.1) is 23.1 Å². The number of hydrogen-bond donors (Lipinski definition) is 3. The summed E-state index contributed by atoms with van der Waals surface area (Å²) in [5.41, 5.74) is 4.31. The maximum absolute atomic E-state index is 14.4. The second kappa shape index (κ2) is 13.4. The van der Waals surface area contributed by atoms with Crippen LogP contribution in [-0.2, 0) is 33.9 Å². The van der Waals surface area contributed by atoms with Crippen LogP contribution in [0, 0.1) is 28.6 Å². The van der Waals surface area contributed by atoms with Crippen molar-refractivity contribution in [2.45, 2.75) is 103 Å². The summed E-state index contributed by atoms with van der Waals surface area (Å²) in [6.45, 7) is 11.5. The van der Waals surface area contributed by atoms with Crippen molar-refractivity contribution in [1.29, 1.82) is 0 Å². The number of carbonyl (C=O) groups is 5. The van der Waals surface area contributed by atoms with Gasteiger partial charge in [-0.1, -0.05) is 53.9 Å². The molecule has 5 atom stereocenters. The number of amides is 3. The van der Waals surface area contributed by atoms with E-state index in [1.807, 2.05) is 0 Å².